The van der Waals surface area contributed by atoms with E-state index in [2.05, 4.69) is 58.9 Å². The zero-order valence-electron chi connectivity index (χ0n) is 13.5. The summed E-state index contributed by atoms with van der Waals surface area (Å²) in [6.07, 6.45) is 0. The van der Waals surface area contributed by atoms with Crippen LogP contribution in [0.15, 0.2) is 0 Å². The van der Waals surface area contributed by atoms with Crippen molar-refractivity contribution in [1.82, 2.24) is 0 Å². The standard InChI is InChI=1S/C12H33ClSi4/c1-14(2,3)10-17(13,11-15(4,5)6)12-16(7,8)9/h10-12H2,1-9H3. The molecule has 0 aromatic carbocycles. The third-order valence-corrected chi connectivity index (χ3v) is 26.5. The normalized spacial score (nSPS) is 15.2. The highest BCUT2D eigenvalue weighted by Crippen LogP contribution is 2.37. The van der Waals surface area contributed by atoms with Crippen LogP contribution in [0.25, 0.3) is 0 Å². The number of hydrogen-bond donors (Lipinski definition) is 0. The highest BCUT2D eigenvalue weighted by molar-refractivity contribution is 7.31. The predicted molar refractivity (Wildman–Crippen MR) is 96.1 cm³/mol. The fourth-order valence-corrected chi connectivity index (χ4v) is 41.5. The maximum Gasteiger partial charge on any atom is 0.148 e. The molecule has 0 aliphatic rings. The summed E-state index contributed by atoms with van der Waals surface area (Å²) in [6.45, 7) is 22.4. The second kappa shape index (κ2) is 5.65. The first-order valence-corrected chi connectivity index (χ1v) is 21.6. The van der Waals surface area contributed by atoms with Gasteiger partial charge in [0.1, 0.15) is 7.38 Å². The average molecular weight is 325 g/mol. The minimum atomic E-state index is -1.50. The quantitative estimate of drug-likeness (QED) is 0.427. The van der Waals surface area contributed by atoms with Gasteiger partial charge in [-0.2, -0.15) is 11.1 Å². The number of halogens is 1. The largest absolute Gasteiger partial charge is 0.168 e. The van der Waals surface area contributed by atoms with Gasteiger partial charge in [0, 0.05) is 24.2 Å². The van der Waals surface area contributed by atoms with Crippen molar-refractivity contribution in [2.45, 2.75) is 75.9 Å². The van der Waals surface area contributed by atoms with E-state index in [1.54, 1.807) is 0 Å². The molecular formula is C12H33ClSi4. The molecule has 0 spiro atoms. The second-order valence-corrected chi connectivity index (χ2v) is 33.7. The number of rotatable bonds is 6. The van der Waals surface area contributed by atoms with Crippen molar-refractivity contribution < 1.29 is 0 Å². The van der Waals surface area contributed by atoms with Crippen molar-refractivity contribution in [3.8, 4) is 0 Å². The summed E-state index contributed by atoms with van der Waals surface area (Å²) in [4.78, 5) is 0. The molecule has 0 aliphatic heterocycles. The smallest absolute Gasteiger partial charge is 0.148 e. The molecule has 0 unspecified atom stereocenters. The van der Waals surface area contributed by atoms with E-state index in [1.807, 2.05) is 0 Å². The lowest BCUT2D eigenvalue weighted by Crippen LogP contribution is -2.48. The average Bonchev–Trinajstić information content (AvgIpc) is 1.65. The Hall–Kier alpha value is 1.16. The van der Waals surface area contributed by atoms with E-state index in [-0.39, 0.29) is 0 Å². The summed E-state index contributed by atoms with van der Waals surface area (Å²) in [5, 5.41) is 0. The van der Waals surface area contributed by atoms with E-state index in [4.69, 9.17) is 11.1 Å². The van der Waals surface area contributed by atoms with Crippen molar-refractivity contribution in [1.29, 1.82) is 0 Å². The van der Waals surface area contributed by atoms with Crippen LogP contribution in [0.5, 0.6) is 0 Å². The Morgan fingerprint density at radius 3 is 0.824 bits per heavy atom. The van der Waals surface area contributed by atoms with Crippen LogP contribution in [0.2, 0.25) is 75.9 Å². The van der Waals surface area contributed by atoms with Crippen molar-refractivity contribution in [3.63, 3.8) is 0 Å². The lowest BCUT2D eigenvalue weighted by atomic mass is 11.7. The third-order valence-electron chi connectivity index (χ3n) is 2.54. The Kier molecular flexibility index (Phi) is 6.03. The van der Waals surface area contributed by atoms with Crippen LogP contribution in [0.3, 0.4) is 0 Å². The zero-order valence-corrected chi connectivity index (χ0v) is 18.3. The Morgan fingerprint density at radius 1 is 0.529 bits per heavy atom. The molecular weight excluding hydrogens is 292 g/mol. The lowest BCUT2D eigenvalue weighted by molar-refractivity contribution is 1.44. The topological polar surface area (TPSA) is 0 Å². The molecule has 0 aliphatic carbocycles. The summed E-state index contributed by atoms with van der Waals surface area (Å²) < 4.78 is 0. The van der Waals surface area contributed by atoms with Gasteiger partial charge in [-0.25, -0.2) is 0 Å². The van der Waals surface area contributed by atoms with Crippen LogP contribution in [-0.4, -0.2) is 31.6 Å². The SMILES string of the molecule is C[Si](C)(C)C[Si](Cl)(C[Si](C)(C)C)C[Si](C)(C)C. The summed E-state index contributed by atoms with van der Waals surface area (Å²) in [6, 6.07) is 0. The highest BCUT2D eigenvalue weighted by atomic mass is 35.6. The molecule has 104 valence electrons. The van der Waals surface area contributed by atoms with Crippen LogP contribution in [0.4, 0.5) is 0 Å². The van der Waals surface area contributed by atoms with E-state index in [1.165, 1.54) is 17.0 Å². The minimum absolute atomic E-state index is 1.02. The molecule has 0 nitrogen and oxygen atoms in total. The van der Waals surface area contributed by atoms with E-state index >= 15 is 0 Å². The van der Waals surface area contributed by atoms with Crippen LogP contribution >= 0.6 is 11.1 Å². The van der Waals surface area contributed by atoms with Crippen LogP contribution < -0.4 is 0 Å². The van der Waals surface area contributed by atoms with Gasteiger partial charge in [-0.05, 0) is 17.0 Å². The lowest BCUT2D eigenvalue weighted by Gasteiger charge is -2.38. The predicted octanol–water partition coefficient (Wildman–Crippen LogP) is 5.80. The molecule has 17 heavy (non-hydrogen) atoms. The molecule has 0 bridgehead atoms. The van der Waals surface area contributed by atoms with Crippen LogP contribution in [0, 0.1) is 0 Å². The second-order valence-electron chi connectivity index (χ2n) is 9.36. The molecule has 0 aromatic rings. The molecule has 0 amide bonds. The van der Waals surface area contributed by atoms with Gasteiger partial charge in [0.15, 0.2) is 0 Å². The molecule has 0 rings (SSSR count). The van der Waals surface area contributed by atoms with E-state index in [9.17, 15) is 0 Å². The maximum absolute atomic E-state index is 7.24. The first-order chi connectivity index (χ1) is 7.12. The molecule has 0 fully saturated rings. The van der Waals surface area contributed by atoms with Crippen molar-refractivity contribution in [3.05, 3.63) is 0 Å². The summed E-state index contributed by atoms with van der Waals surface area (Å²) >= 11 is 7.24. The van der Waals surface area contributed by atoms with Crippen molar-refractivity contribution >= 4 is 42.7 Å². The Bertz CT molecular complexity index is 204. The molecule has 0 heterocycles. The summed E-state index contributed by atoms with van der Waals surface area (Å²) in [7, 11) is -4.55. The zero-order chi connectivity index (χ0) is 14.1. The van der Waals surface area contributed by atoms with E-state index in [0.29, 0.717) is 0 Å². The summed E-state index contributed by atoms with van der Waals surface area (Å²) in [5.41, 5.74) is 4.28. The number of hydrogen-bond acceptors (Lipinski definition) is 0. The van der Waals surface area contributed by atoms with Gasteiger partial charge in [-0.3, -0.25) is 0 Å². The summed E-state index contributed by atoms with van der Waals surface area (Å²) in [5.74, 6) is 0. The molecule has 0 atom stereocenters. The fourth-order valence-electron chi connectivity index (χ4n) is 3.04. The van der Waals surface area contributed by atoms with Gasteiger partial charge in [-0.1, -0.05) is 58.9 Å². The fraction of sp³-hybridized carbons (Fsp3) is 1.00. The van der Waals surface area contributed by atoms with Gasteiger partial charge in [0.05, 0.1) is 0 Å². The van der Waals surface area contributed by atoms with Crippen molar-refractivity contribution in [2.24, 2.45) is 0 Å². The monoisotopic (exact) mass is 324 g/mol. The Morgan fingerprint density at radius 2 is 0.706 bits per heavy atom. The van der Waals surface area contributed by atoms with Crippen molar-refractivity contribution in [2.75, 3.05) is 0 Å². The molecule has 0 radical (unpaired) electrons. The first kappa shape index (κ1) is 18.2. The Labute approximate surface area is 118 Å². The highest BCUT2D eigenvalue weighted by Gasteiger charge is 2.42. The molecule has 5 heteroatoms. The van der Waals surface area contributed by atoms with Gasteiger partial charge < -0.3 is 0 Å². The van der Waals surface area contributed by atoms with Gasteiger partial charge >= 0.3 is 0 Å². The van der Waals surface area contributed by atoms with Crippen LogP contribution in [0.1, 0.15) is 0 Å². The molecule has 0 N–H and O–H groups in total. The molecule has 0 saturated carbocycles. The van der Waals surface area contributed by atoms with Crippen LogP contribution in [-0.2, 0) is 0 Å². The third kappa shape index (κ3) is 10.7. The Balaban J connectivity index is 4.95. The minimum Gasteiger partial charge on any atom is -0.168 e. The van der Waals surface area contributed by atoms with Gasteiger partial charge in [-0.15, -0.1) is 0 Å². The van der Waals surface area contributed by atoms with Gasteiger partial charge in [0.2, 0.25) is 0 Å². The van der Waals surface area contributed by atoms with E-state index in [0.717, 1.165) is 0 Å². The molecule has 0 aromatic heterocycles. The van der Waals surface area contributed by atoms with E-state index < -0.39 is 31.6 Å². The molecule has 0 saturated heterocycles. The maximum atomic E-state index is 7.24. The first-order valence-electron chi connectivity index (χ1n) is 6.81. The van der Waals surface area contributed by atoms with Gasteiger partial charge in [0.25, 0.3) is 0 Å².